The Bertz CT molecular complexity index is 336. The molecule has 4 nitrogen and oxygen atoms in total. The summed E-state index contributed by atoms with van der Waals surface area (Å²) in [6.07, 6.45) is 1.93. The van der Waals surface area contributed by atoms with E-state index in [4.69, 9.17) is 5.11 Å². The number of aliphatic hydroxyl groups is 1. The number of amides is 1. The van der Waals surface area contributed by atoms with Crippen LogP contribution in [0.25, 0.3) is 0 Å². The summed E-state index contributed by atoms with van der Waals surface area (Å²) in [6.45, 7) is 2.26. The minimum atomic E-state index is -0.379. The molecule has 0 radical (unpaired) electrons. The van der Waals surface area contributed by atoms with Gasteiger partial charge in [-0.05, 0) is 35.3 Å². The van der Waals surface area contributed by atoms with E-state index in [1.807, 2.05) is 0 Å². The number of hydrogen-bond acceptors (Lipinski definition) is 2. The predicted octanol–water partition coefficient (Wildman–Crippen LogP) is 1.62. The van der Waals surface area contributed by atoms with Crippen LogP contribution in [0.5, 0.6) is 0 Å². The minimum Gasteiger partial charge on any atom is -0.393 e. The molecule has 0 fully saturated rings. The maximum Gasteiger partial charge on any atom is 0.270 e. The van der Waals surface area contributed by atoms with Crippen molar-refractivity contribution in [3.63, 3.8) is 0 Å². The van der Waals surface area contributed by atoms with Gasteiger partial charge in [-0.3, -0.25) is 4.79 Å². The molecule has 1 amide bonds. The Hall–Kier alpha value is -0.810. The lowest BCUT2D eigenvalue weighted by Gasteiger charge is -2.16. The van der Waals surface area contributed by atoms with Crippen molar-refractivity contribution in [2.24, 2.45) is 0 Å². The quantitative estimate of drug-likeness (QED) is 0.877. The molecular formula is C10H15BrN2O2. The van der Waals surface area contributed by atoms with E-state index in [0.717, 1.165) is 4.47 Å². The van der Waals surface area contributed by atoms with Crippen molar-refractivity contribution in [2.45, 2.75) is 19.4 Å². The molecule has 0 aliphatic carbocycles. The zero-order valence-corrected chi connectivity index (χ0v) is 10.4. The Labute approximate surface area is 97.4 Å². The van der Waals surface area contributed by atoms with Crippen molar-refractivity contribution in [3.05, 3.63) is 22.4 Å². The molecule has 1 unspecified atom stereocenters. The fraction of sp³-hybridized carbons (Fsp3) is 0.500. The lowest BCUT2D eigenvalue weighted by molar-refractivity contribution is 0.0764. The number of nitrogens with one attached hydrogen (secondary N) is 1. The van der Waals surface area contributed by atoms with E-state index >= 15 is 0 Å². The molecule has 0 saturated carbocycles. The summed E-state index contributed by atoms with van der Waals surface area (Å²) in [6, 6.07) is 1.74. The van der Waals surface area contributed by atoms with Crippen molar-refractivity contribution in [3.8, 4) is 0 Å². The second kappa shape index (κ2) is 5.32. The van der Waals surface area contributed by atoms with Gasteiger partial charge >= 0.3 is 0 Å². The maximum atomic E-state index is 11.8. The molecular weight excluding hydrogens is 260 g/mol. The smallest absolute Gasteiger partial charge is 0.270 e. The highest BCUT2D eigenvalue weighted by Gasteiger charge is 2.13. The minimum absolute atomic E-state index is 0.0682. The van der Waals surface area contributed by atoms with Crippen LogP contribution < -0.4 is 0 Å². The Balaban J connectivity index is 2.53. The van der Waals surface area contributed by atoms with Crippen molar-refractivity contribution >= 4 is 21.8 Å². The number of aliphatic hydroxyl groups excluding tert-OH is 1. The fourth-order valence-electron chi connectivity index (χ4n) is 1.18. The van der Waals surface area contributed by atoms with Crippen molar-refractivity contribution in [1.29, 1.82) is 0 Å². The van der Waals surface area contributed by atoms with Gasteiger partial charge in [0, 0.05) is 24.3 Å². The molecule has 2 N–H and O–H groups in total. The van der Waals surface area contributed by atoms with Crippen molar-refractivity contribution in [1.82, 2.24) is 9.88 Å². The van der Waals surface area contributed by atoms with Gasteiger partial charge in [0.25, 0.3) is 5.91 Å². The summed E-state index contributed by atoms with van der Waals surface area (Å²) in [5, 5.41) is 9.10. The molecule has 5 heteroatoms. The number of carbonyl (C=O) groups excluding carboxylic acids is 1. The van der Waals surface area contributed by atoms with E-state index in [1.54, 1.807) is 31.1 Å². The molecule has 15 heavy (non-hydrogen) atoms. The molecule has 0 saturated heterocycles. The van der Waals surface area contributed by atoms with Crippen LogP contribution in [-0.4, -0.2) is 40.6 Å². The third kappa shape index (κ3) is 3.68. The van der Waals surface area contributed by atoms with E-state index in [0.29, 0.717) is 18.7 Å². The van der Waals surface area contributed by atoms with Gasteiger partial charge in [0.1, 0.15) is 5.69 Å². The normalized spacial score (nSPS) is 12.5. The first-order valence-electron chi connectivity index (χ1n) is 4.78. The summed E-state index contributed by atoms with van der Waals surface area (Å²) in [5.74, 6) is -0.0682. The van der Waals surface area contributed by atoms with Crippen LogP contribution in [0.2, 0.25) is 0 Å². The predicted molar refractivity (Wildman–Crippen MR) is 61.8 cm³/mol. The molecule has 0 spiro atoms. The molecule has 0 aromatic carbocycles. The van der Waals surface area contributed by atoms with Crippen molar-refractivity contribution < 1.29 is 9.90 Å². The Morgan fingerprint density at radius 1 is 1.73 bits per heavy atom. The lowest BCUT2D eigenvalue weighted by atomic mass is 10.2. The van der Waals surface area contributed by atoms with Gasteiger partial charge < -0.3 is 15.0 Å². The van der Waals surface area contributed by atoms with E-state index in [1.165, 1.54) is 0 Å². The Kier molecular flexibility index (Phi) is 4.35. The number of nitrogens with zero attached hydrogens (tertiary/aromatic N) is 1. The zero-order valence-electron chi connectivity index (χ0n) is 8.83. The van der Waals surface area contributed by atoms with E-state index in [9.17, 15) is 4.79 Å². The molecule has 1 aromatic heterocycles. The average molecular weight is 275 g/mol. The van der Waals surface area contributed by atoms with Crippen LogP contribution in [0.15, 0.2) is 16.7 Å². The molecule has 0 aliphatic rings. The standard InChI is InChI=1S/C10H15BrN2O2/c1-7(14)3-4-13(2)10(15)9-5-8(11)6-12-9/h5-7,12,14H,3-4H2,1-2H3. The third-order valence-electron chi connectivity index (χ3n) is 2.11. The molecule has 1 rings (SSSR count). The first-order chi connectivity index (χ1) is 7.00. The van der Waals surface area contributed by atoms with Gasteiger partial charge in [-0.1, -0.05) is 0 Å². The van der Waals surface area contributed by atoms with Gasteiger partial charge in [-0.15, -0.1) is 0 Å². The van der Waals surface area contributed by atoms with Gasteiger partial charge in [-0.25, -0.2) is 0 Å². The fourth-order valence-corrected chi connectivity index (χ4v) is 1.52. The molecule has 1 heterocycles. The summed E-state index contributed by atoms with van der Waals surface area (Å²) in [4.78, 5) is 16.2. The highest BCUT2D eigenvalue weighted by molar-refractivity contribution is 9.10. The van der Waals surface area contributed by atoms with Crippen LogP contribution in [0.3, 0.4) is 0 Å². The number of carbonyl (C=O) groups is 1. The number of aromatic nitrogens is 1. The SMILES string of the molecule is CC(O)CCN(C)C(=O)c1cc(Br)c[nH]1. The van der Waals surface area contributed by atoms with Crippen LogP contribution in [0.1, 0.15) is 23.8 Å². The van der Waals surface area contributed by atoms with Gasteiger partial charge in [0.05, 0.1) is 6.10 Å². The van der Waals surface area contributed by atoms with Crippen molar-refractivity contribution in [2.75, 3.05) is 13.6 Å². The molecule has 1 atom stereocenters. The monoisotopic (exact) mass is 274 g/mol. The number of halogens is 1. The average Bonchev–Trinajstić information content (AvgIpc) is 2.60. The lowest BCUT2D eigenvalue weighted by Crippen LogP contribution is -2.29. The first-order valence-corrected chi connectivity index (χ1v) is 5.57. The van der Waals surface area contributed by atoms with E-state index in [-0.39, 0.29) is 12.0 Å². The summed E-state index contributed by atoms with van der Waals surface area (Å²) in [5.41, 5.74) is 0.551. The van der Waals surface area contributed by atoms with Gasteiger partial charge in [0.2, 0.25) is 0 Å². The summed E-state index contributed by atoms with van der Waals surface area (Å²) < 4.78 is 0.856. The van der Waals surface area contributed by atoms with Gasteiger partial charge in [0.15, 0.2) is 0 Å². The van der Waals surface area contributed by atoms with Crippen LogP contribution >= 0.6 is 15.9 Å². The largest absolute Gasteiger partial charge is 0.393 e. The number of H-pyrrole nitrogens is 1. The molecule has 84 valence electrons. The number of aromatic amines is 1. The Morgan fingerprint density at radius 2 is 2.40 bits per heavy atom. The highest BCUT2D eigenvalue weighted by atomic mass is 79.9. The molecule has 1 aromatic rings. The zero-order chi connectivity index (χ0) is 11.4. The van der Waals surface area contributed by atoms with Gasteiger partial charge in [-0.2, -0.15) is 0 Å². The highest BCUT2D eigenvalue weighted by Crippen LogP contribution is 2.12. The first kappa shape index (κ1) is 12.3. The van der Waals surface area contributed by atoms with Crippen LogP contribution in [-0.2, 0) is 0 Å². The molecule has 0 bridgehead atoms. The second-order valence-electron chi connectivity index (χ2n) is 3.60. The molecule has 0 aliphatic heterocycles. The maximum absolute atomic E-state index is 11.8. The van der Waals surface area contributed by atoms with Crippen LogP contribution in [0.4, 0.5) is 0 Å². The van der Waals surface area contributed by atoms with Crippen LogP contribution in [0, 0.1) is 0 Å². The van der Waals surface area contributed by atoms with E-state index < -0.39 is 0 Å². The summed E-state index contributed by atoms with van der Waals surface area (Å²) >= 11 is 3.27. The summed E-state index contributed by atoms with van der Waals surface area (Å²) in [7, 11) is 1.72. The Morgan fingerprint density at radius 3 is 2.87 bits per heavy atom. The second-order valence-corrected chi connectivity index (χ2v) is 4.51. The number of hydrogen-bond donors (Lipinski definition) is 2. The van der Waals surface area contributed by atoms with E-state index in [2.05, 4.69) is 20.9 Å². The topological polar surface area (TPSA) is 56.3 Å². The number of rotatable bonds is 4. The third-order valence-corrected chi connectivity index (χ3v) is 2.57.